The molecule has 0 aromatic heterocycles. The average molecular weight is 305 g/mol. The van der Waals surface area contributed by atoms with Crippen LogP contribution in [0.3, 0.4) is 0 Å². The molecule has 2 nitrogen and oxygen atoms in total. The quantitative estimate of drug-likeness (QED) is 0.813. The van der Waals surface area contributed by atoms with Crippen LogP contribution in [-0.2, 0) is 6.54 Å². The zero-order chi connectivity index (χ0) is 15.3. The molecule has 1 heterocycles. The van der Waals surface area contributed by atoms with E-state index >= 15 is 0 Å². The summed E-state index contributed by atoms with van der Waals surface area (Å²) in [5.74, 6) is 0.833. The van der Waals surface area contributed by atoms with Crippen molar-refractivity contribution in [1.29, 1.82) is 0 Å². The fourth-order valence-corrected chi connectivity index (χ4v) is 4.29. The molecule has 1 fully saturated rings. The van der Waals surface area contributed by atoms with Crippen LogP contribution in [0, 0.1) is 5.92 Å². The second-order valence-electron chi connectivity index (χ2n) is 7.49. The second-order valence-corrected chi connectivity index (χ2v) is 12.6. The lowest BCUT2D eigenvalue weighted by atomic mass is 9.99. The molecule has 1 aromatic rings. The number of rotatable bonds is 6. The van der Waals surface area contributed by atoms with E-state index in [1.54, 1.807) is 5.19 Å². The number of benzene rings is 1. The third kappa shape index (κ3) is 5.24. The summed E-state index contributed by atoms with van der Waals surface area (Å²) in [6.45, 7) is 15.4. The zero-order valence-electron chi connectivity index (χ0n) is 14.3. The van der Waals surface area contributed by atoms with E-state index in [1.165, 1.54) is 38.0 Å². The van der Waals surface area contributed by atoms with Gasteiger partial charge in [0.2, 0.25) is 0 Å². The van der Waals surface area contributed by atoms with Gasteiger partial charge in [0.05, 0.1) is 8.07 Å². The number of hydrogen-bond donors (Lipinski definition) is 1. The van der Waals surface area contributed by atoms with Crippen LogP contribution in [0.4, 0.5) is 0 Å². The van der Waals surface area contributed by atoms with Gasteiger partial charge < -0.3 is 5.32 Å². The van der Waals surface area contributed by atoms with Crippen molar-refractivity contribution in [3.63, 3.8) is 0 Å². The molecule has 2 rings (SSSR count). The molecule has 0 radical (unpaired) electrons. The van der Waals surface area contributed by atoms with E-state index in [4.69, 9.17) is 0 Å². The van der Waals surface area contributed by atoms with E-state index in [0.29, 0.717) is 0 Å². The molecule has 21 heavy (non-hydrogen) atoms. The van der Waals surface area contributed by atoms with Crippen LogP contribution < -0.4 is 10.5 Å². The second kappa shape index (κ2) is 7.57. The van der Waals surface area contributed by atoms with Gasteiger partial charge in [0.15, 0.2) is 0 Å². The van der Waals surface area contributed by atoms with Crippen LogP contribution in [0.25, 0.3) is 0 Å². The van der Waals surface area contributed by atoms with Crippen molar-refractivity contribution in [2.24, 2.45) is 5.92 Å². The van der Waals surface area contributed by atoms with Gasteiger partial charge in [-0.1, -0.05) is 56.0 Å². The summed E-state index contributed by atoms with van der Waals surface area (Å²) in [5.41, 5.74) is 1.46. The van der Waals surface area contributed by atoms with Crippen molar-refractivity contribution in [3.8, 4) is 0 Å². The molecule has 3 heteroatoms. The number of nitrogens with one attached hydrogen (secondary N) is 1. The van der Waals surface area contributed by atoms with Crippen molar-refractivity contribution >= 4 is 13.3 Å². The van der Waals surface area contributed by atoms with E-state index < -0.39 is 8.07 Å². The van der Waals surface area contributed by atoms with Crippen molar-refractivity contribution in [3.05, 3.63) is 29.8 Å². The van der Waals surface area contributed by atoms with Gasteiger partial charge in [-0.05, 0) is 44.0 Å². The normalized spacial score (nSPS) is 20.0. The van der Waals surface area contributed by atoms with Crippen LogP contribution in [0.5, 0.6) is 0 Å². The maximum Gasteiger partial charge on any atom is 0.0775 e. The smallest absolute Gasteiger partial charge is 0.0775 e. The molecule has 0 spiro atoms. The van der Waals surface area contributed by atoms with Crippen LogP contribution in [-0.4, -0.2) is 39.2 Å². The van der Waals surface area contributed by atoms with Gasteiger partial charge in [-0.15, -0.1) is 0 Å². The Morgan fingerprint density at radius 2 is 1.90 bits per heavy atom. The molecule has 0 saturated carbocycles. The Balaban J connectivity index is 1.91. The minimum atomic E-state index is -1.16. The molecule has 1 aliphatic heterocycles. The molecule has 1 unspecified atom stereocenters. The Bertz CT molecular complexity index is 416. The van der Waals surface area contributed by atoms with Gasteiger partial charge in [0, 0.05) is 13.1 Å². The first kappa shape index (κ1) is 16.7. The predicted octanol–water partition coefficient (Wildman–Crippen LogP) is 3.05. The molecule has 1 aromatic carbocycles. The highest BCUT2D eigenvalue weighted by Crippen LogP contribution is 2.14. The van der Waals surface area contributed by atoms with E-state index in [-0.39, 0.29) is 0 Å². The minimum absolute atomic E-state index is 0.833. The molecule has 1 saturated heterocycles. The highest BCUT2D eigenvalue weighted by atomic mass is 28.3. The van der Waals surface area contributed by atoms with Gasteiger partial charge in [-0.3, -0.25) is 4.90 Å². The summed E-state index contributed by atoms with van der Waals surface area (Å²) in [4.78, 5) is 2.60. The highest BCUT2D eigenvalue weighted by molar-refractivity contribution is 6.88. The Morgan fingerprint density at radius 1 is 1.19 bits per heavy atom. The summed E-state index contributed by atoms with van der Waals surface area (Å²) in [6.07, 6.45) is 2.73. The van der Waals surface area contributed by atoms with Crippen LogP contribution >= 0.6 is 0 Å². The van der Waals surface area contributed by atoms with E-state index in [0.717, 1.165) is 19.0 Å². The third-order valence-corrected chi connectivity index (χ3v) is 6.65. The van der Waals surface area contributed by atoms with Gasteiger partial charge >= 0.3 is 0 Å². The zero-order valence-corrected chi connectivity index (χ0v) is 15.3. The van der Waals surface area contributed by atoms with Gasteiger partial charge in [0.25, 0.3) is 0 Å². The fourth-order valence-electron chi connectivity index (χ4n) is 3.12. The lowest BCUT2D eigenvalue weighted by Gasteiger charge is -2.29. The van der Waals surface area contributed by atoms with Crippen molar-refractivity contribution < 1.29 is 0 Å². The molecule has 1 N–H and O–H groups in total. The summed E-state index contributed by atoms with van der Waals surface area (Å²) in [6, 6.07) is 9.40. The van der Waals surface area contributed by atoms with Gasteiger partial charge in [-0.2, -0.15) is 0 Å². The van der Waals surface area contributed by atoms with Crippen LogP contribution in [0.2, 0.25) is 19.6 Å². The fraction of sp³-hybridized carbons (Fsp3) is 0.667. The Morgan fingerprint density at radius 3 is 2.43 bits per heavy atom. The maximum absolute atomic E-state index is 3.53. The molecular weight excluding hydrogens is 272 g/mol. The largest absolute Gasteiger partial charge is 0.316 e. The highest BCUT2D eigenvalue weighted by Gasteiger charge is 2.18. The van der Waals surface area contributed by atoms with E-state index in [1.807, 2.05) is 0 Å². The van der Waals surface area contributed by atoms with Gasteiger partial charge in [0.1, 0.15) is 0 Å². The maximum atomic E-state index is 3.53. The molecule has 0 amide bonds. The van der Waals surface area contributed by atoms with E-state index in [2.05, 4.69) is 61.0 Å². The average Bonchev–Trinajstić information content (AvgIpc) is 2.47. The molecule has 1 aliphatic rings. The molecular formula is C18H32N2Si. The van der Waals surface area contributed by atoms with Crippen LogP contribution in [0.15, 0.2) is 24.3 Å². The van der Waals surface area contributed by atoms with Crippen molar-refractivity contribution in [2.75, 3.05) is 26.2 Å². The van der Waals surface area contributed by atoms with Gasteiger partial charge in [-0.25, -0.2) is 0 Å². The summed E-state index contributed by atoms with van der Waals surface area (Å²) < 4.78 is 0. The lowest BCUT2D eigenvalue weighted by molar-refractivity contribution is 0.209. The third-order valence-electron chi connectivity index (χ3n) is 4.59. The van der Waals surface area contributed by atoms with Crippen molar-refractivity contribution in [2.45, 2.75) is 46.0 Å². The van der Waals surface area contributed by atoms with Crippen molar-refractivity contribution in [1.82, 2.24) is 10.2 Å². The molecule has 118 valence electrons. The molecule has 0 bridgehead atoms. The molecule has 0 aliphatic carbocycles. The van der Waals surface area contributed by atoms with E-state index in [9.17, 15) is 0 Å². The summed E-state index contributed by atoms with van der Waals surface area (Å²) >= 11 is 0. The Kier molecular flexibility index (Phi) is 6.03. The van der Waals surface area contributed by atoms with Crippen LogP contribution in [0.1, 0.15) is 25.3 Å². The number of hydrogen-bond acceptors (Lipinski definition) is 2. The SMILES string of the molecule is CCN(Cc1ccc([Si](C)(C)C)cc1)CC1CCCNC1. The lowest BCUT2D eigenvalue weighted by Crippen LogP contribution is -2.38. The molecule has 1 atom stereocenters. The number of nitrogens with zero attached hydrogens (tertiary/aromatic N) is 1. The minimum Gasteiger partial charge on any atom is -0.316 e. The predicted molar refractivity (Wildman–Crippen MR) is 96.0 cm³/mol. The first-order chi connectivity index (χ1) is 9.99. The first-order valence-electron chi connectivity index (χ1n) is 8.51. The topological polar surface area (TPSA) is 15.3 Å². The summed E-state index contributed by atoms with van der Waals surface area (Å²) in [7, 11) is -1.16. The Labute approximate surface area is 131 Å². The standard InChI is InChI=1S/C18H32N2Si/c1-5-20(15-17-7-6-12-19-13-17)14-16-8-10-18(11-9-16)21(2,3)4/h8-11,17,19H,5-7,12-15H2,1-4H3. The monoisotopic (exact) mass is 304 g/mol. The number of piperidine rings is 1. The summed E-state index contributed by atoms with van der Waals surface area (Å²) in [5, 5.41) is 5.09. The Hall–Kier alpha value is -0.643. The first-order valence-corrected chi connectivity index (χ1v) is 12.0.